The van der Waals surface area contributed by atoms with Crippen LogP contribution in [0.25, 0.3) is 11.1 Å². The summed E-state index contributed by atoms with van der Waals surface area (Å²) in [5, 5.41) is 1.95. The molecule has 0 spiro atoms. The van der Waals surface area contributed by atoms with Crippen LogP contribution in [0.1, 0.15) is 5.56 Å². The van der Waals surface area contributed by atoms with Crippen LogP contribution in [0, 0.1) is 0 Å². The minimum absolute atomic E-state index is 0.589. The third kappa shape index (κ3) is 3.71. The van der Waals surface area contributed by atoms with E-state index in [0.717, 1.165) is 12.1 Å². The zero-order valence-electron chi connectivity index (χ0n) is 15.9. The maximum atomic E-state index is 14.7. The molecular weight excluding hydrogens is 404 g/mol. The van der Waals surface area contributed by atoms with Crippen molar-refractivity contribution in [3.05, 3.63) is 115 Å². The fourth-order valence-electron chi connectivity index (χ4n) is 3.53. The van der Waals surface area contributed by atoms with Gasteiger partial charge in [0.05, 0.1) is 5.56 Å². The van der Waals surface area contributed by atoms with Gasteiger partial charge in [0.25, 0.3) is 0 Å². The number of alkyl halides is 3. The predicted octanol–water partition coefficient (Wildman–Crippen LogP) is 6.01. The summed E-state index contributed by atoms with van der Waals surface area (Å²) in [6.07, 6.45) is -4.40. The molecule has 0 atom stereocenters. The summed E-state index contributed by atoms with van der Waals surface area (Å²) in [6.45, 7) is 0. The first-order valence-corrected chi connectivity index (χ1v) is 11.1. The molecule has 0 aliphatic rings. The van der Waals surface area contributed by atoms with E-state index in [4.69, 9.17) is 0 Å². The fraction of sp³-hybridized carbons (Fsp3) is 0.0400. The van der Waals surface area contributed by atoms with Gasteiger partial charge in [-0.25, -0.2) is 0 Å². The number of hydrogen-bond acceptors (Lipinski definition) is 1. The molecule has 0 aromatic heterocycles. The lowest BCUT2D eigenvalue weighted by Crippen LogP contribution is -2.26. The van der Waals surface area contributed by atoms with Gasteiger partial charge in [0.15, 0.2) is 7.14 Å². The van der Waals surface area contributed by atoms with E-state index >= 15 is 0 Å². The average molecular weight is 422 g/mol. The standard InChI is InChI=1S/C25H18F3OP/c26-25(27,28)20-17-15-19(16-18-20)23-13-7-8-14-24(23)30(29,21-9-3-1-4-10-21)22-11-5-2-6-12-22/h1-18H. The van der Waals surface area contributed by atoms with E-state index in [9.17, 15) is 17.7 Å². The summed E-state index contributed by atoms with van der Waals surface area (Å²) in [7, 11) is -3.25. The number of halogens is 3. The summed E-state index contributed by atoms with van der Waals surface area (Å²) < 4.78 is 53.6. The van der Waals surface area contributed by atoms with Gasteiger partial charge in [0.1, 0.15) is 0 Å². The number of rotatable bonds is 4. The Morgan fingerprint density at radius 3 is 1.53 bits per heavy atom. The zero-order chi connectivity index (χ0) is 21.2. The van der Waals surface area contributed by atoms with Gasteiger partial charge in [0.2, 0.25) is 0 Å². The first kappa shape index (κ1) is 20.2. The SMILES string of the molecule is O=P(c1ccccc1)(c1ccccc1)c1ccccc1-c1ccc(C(F)(F)F)cc1. The van der Waals surface area contributed by atoms with Gasteiger partial charge in [-0.3, -0.25) is 0 Å². The molecule has 5 heteroatoms. The van der Waals surface area contributed by atoms with Crippen molar-refractivity contribution < 1.29 is 17.7 Å². The van der Waals surface area contributed by atoms with E-state index in [1.807, 2.05) is 60.7 Å². The molecular formula is C25H18F3OP. The predicted molar refractivity (Wildman–Crippen MR) is 116 cm³/mol. The molecule has 4 aromatic carbocycles. The third-order valence-electron chi connectivity index (χ3n) is 5.01. The van der Waals surface area contributed by atoms with Crippen molar-refractivity contribution in [3.63, 3.8) is 0 Å². The Morgan fingerprint density at radius 1 is 0.567 bits per heavy atom. The monoisotopic (exact) mass is 422 g/mol. The minimum atomic E-state index is -4.40. The Morgan fingerprint density at radius 2 is 1.03 bits per heavy atom. The molecule has 0 amide bonds. The van der Waals surface area contributed by atoms with Crippen molar-refractivity contribution >= 4 is 23.1 Å². The second-order valence-electron chi connectivity index (χ2n) is 6.87. The molecule has 30 heavy (non-hydrogen) atoms. The Hall–Kier alpha value is -3.10. The van der Waals surface area contributed by atoms with Crippen molar-refractivity contribution in [2.45, 2.75) is 6.18 Å². The Labute approximate surface area is 173 Å². The van der Waals surface area contributed by atoms with Crippen LogP contribution >= 0.6 is 7.14 Å². The van der Waals surface area contributed by atoms with Gasteiger partial charge < -0.3 is 4.57 Å². The fourth-order valence-corrected chi connectivity index (χ4v) is 6.41. The van der Waals surface area contributed by atoms with Crippen LogP contribution in [0.3, 0.4) is 0 Å². The smallest absolute Gasteiger partial charge is 0.309 e. The van der Waals surface area contributed by atoms with Crippen molar-refractivity contribution in [2.24, 2.45) is 0 Å². The molecule has 0 saturated carbocycles. The van der Waals surface area contributed by atoms with Crippen LogP contribution in [0.2, 0.25) is 0 Å². The molecule has 0 aliphatic heterocycles. The van der Waals surface area contributed by atoms with E-state index in [1.165, 1.54) is 12.1 Å². The Bertz CT molecular complexity index is 1140. The molecule has 0 unspecified atom stereocenters. The molecule has 0 bridgehead atoms. The van der Waals surface area contributed by atoms with E-state index < -0.39 is 18.9 Å². The highest BCUT2D eigenvalue weighted by molar-refractivity contribution is 7.85. The quantitative estimate of drug-likeness (QED) is 0.368. The summed E-state index contributed by atoms with van der Waals surface area (Å²) in [5.41, 5.74) is 0.533. The van der Waals surface area contributed by atoms with Gasteiger partial charge in [0, 0.05) is 15.9 Å². The van der Waals surface area contributed by atoms with Crippen molar-refractivity contribution in [2.75, 3.05) is 0 Å². The van der Waals surface area contributed by atoms with Gasteiger partial charge in [-0.1, -0.05) is 97.1 Å². The maximum Gasteiger partial charge on any atom is 0.416 e. The molecule has 0 radical (unpaired) electrons. The molecule has 0 heterocycles. The highest BCUT2D eigenvalue weighted by Gasteiger charge is 2.33. The second kappa shape index (κ2) is 7.97. The maximum absolute atomic E-state index is 14.7. The van der Waals surface area contributed by atoms with Crippen molar-refractivity contribution in [1.82, 2.24) is 0 Å². The summed E-state index contributed by atoms with van der Waals surface area (Å²) >= 11 is 0. The normalized spacial score (nSPS) is 12.0. The first-order chi connectivity index (χ1) is 14.4. The van der Waals surface area contributed by atoms with E-state index in [2.05, 4.69) is 0 Å². The van der Waals surface area contributed by atoms with Crippen molar-refractivity contribution in [3.8, 4) is 11.1 Å². The average Bonchev–Trinajstić information content (AvgIpc) is 2.79. The van der Waals surface area contributed by atoms with Gasteiger partial charge in [-0.05, 0) is 23.3 Å². The highest BCUT2D eigenvalue weighted by Crippen LogP contribution is 2.45. The highest BCUT2D eigenvalue weighted by atomic mass is 31.2. The number of hydrogen-bond donors (Lipinski definition) is 0. The van der Waals surface area contributed by atoms with Crippen LogP contribution in [-0.4, -0.2) is 0 Å². The lowest BCUT2D eigenvalue weighted by Gasteiger charge is -2.23. The molecule has 0 N–H and O–H groups in total. The summed E-state index contributed by atoms with van der Waals surface area (Å²) in [4.78, 5) is 0. The van der Waals surface area contributed by atoms with Crippen LogP contribution in [0.4, 0.5) is 13.2 Å². The molecule has 150 valence electrons. The zero-order valence-corrected chi connectivity index (χ0v) is 16.8. The molecule has 1 nitrogen and oxygen atoms in total. The van der Waals surface area contributed by atoms with E-state index in [0.29, 0.717) is 27.0 Å². The van der Waals surface area contributed by atoms with Gasteiger partial charge >= 0.3 is 6.18 Å². The van der Waals surface area contributed by atoms with Crippen LogP contribution in [-0.2, 0) is 10.7 Å². The lowest BCUT2D eigenvalue weighted by atomic mass is 10.0. The lowest BCUT2D eigenvalue weighted by molar-refractivity contribution is -0.137. The van der Waals surface area contributed by atoms with E-state index in [-0.39, 0.29) is 0 Å². The van der Waals surface area contributed by atoms with Crippen LogP contribution in [0.15, 0.2) is 109 Å². The molecule has 4 aromatic rings. The third-order valence-corrected chi connectivity index (χ3v) is 8.13. The van der Waals surface area contributed by atoms with E-state index in [1.54, 1.807) is 24.3 Å². The van der Waals surface area contributed by atoms with Crippen LogP contribution in [0.5, 0.6) is 0 Å². The molecule has 0 saturated heterocycles. The number of benzene rings is 4. The van der Waals surface area contributed by atoms with Crippen molar-refractivity contribution in [1.29, 1.82) is 0 Å². The Kier molecular flexibility index (Phi) is 5.36. The largest absolute Gasteiger partial charge is 0.416 e. The molecule has 0 aliphatic carbocycles. The van der Waals surface area contributed by atoms with Gasteiger partial charge in [-0.2, -0.15) is 13.2 Å². The summed E-state index contributed by atoms with van der Waals surface area (Å²) in [6, 6.07) is 30.6. The van der Waals surface area contributed by atoms with Crippen LogP contribution < -0.4 is 15.9 Å². The molecule has 4 rings (SSSR count). The second-order valence-corrected chi connectivity index (χ2v) is 9.61. The topological polar surface area (TPSA) is 17.1 Å². The Balaban J connectivity index is 1.94. The minimum Gasteiger partial charge on any atom is -0.309 e. The summed E-state index contributed by atoms with van der Waals surface area (Å²) in [5.74, 6) is 0. The van der Waals surface area contributed by atoms with Gasteiger partial charge in [-0.15, -0.1) is 0 Å². The molecule has 0 fully saturated rings. The first-order valence-electron chi connectivity index (χ1n) is 9.39.